The smallest absolute Gasteiger partial charge is 0.223 e. The van der Waals surface area contributed by atoms with Gasteiger partial charge in [-0.3, -0.25) is 4.79 Å². The van der Waals surface area contributed by atoms with Crippen LogP contribution in [0.25, 0.3) is 0 Å². The number of amides is 1. The Labute approximate surface area is 121 Å². The zero-order valence-electron chi connectivity index (χ0n) is 12.6. The van der Waals surface area contributed by atoms with Gasteiger partial charge < -0.3 is 11.1 Å². The van der Waals surface area contributed by atoms with Crippen molar-refractivity contribution in [1.29, 1.82) is 0 Å². The standard InChI is InChI=1S/C17H26N2O/c1-12(2)13-5-7-14(8-6-13)15-11-16(15)17(20)19-10-4-3-9-18/h5-8,12,15-16H,3-4,9-11,18H2,1-2H3,(H,19,20). The van der Waals surface area contributed by atoms with E-state index in [-0.39, 0.29) is 11.8 Å². The third kappa shape index (κ3) is 3.83. The summed E-state index contributed by atoms with van der Waals surface area (Å²) in [7, 11) is 0. The van der Waals surface area contributed by atoms with Crippen LogP contribution in [0.5, 0.6) is 0 Å². The lowest BCUT2D eigenvalue weighted by Crippen LogP contribution is -2.26. The Balaban J connectivity index is 1.80. The maximum absolute atomic E-state index is 12.0. The Hall–Kier alpha value is -1.35. The van der Waals surface area contributed by atoms with Gasteiger partial charge in [-0.1, -0.05) is 38.1 Å². The van der Waals surface area contributed by atoms with Gasteiger partial charge in [0, 0.05) is 12.5 Å². The van der Waals surface area contributed by atoms with E-state index in [0.29, 0.717) is 18.4 Å². The number of nitrogens with two attached hydrogens (primary N) is 1. The van der Waals surface area contributed by atoms with Gasteiger partial charge in [0.1, 0.15) is 0 Å². The second-order valence-corrected chi connectivity index (χ2v) is 6.06. The van der Waals surface area contributed by atoms with Gasteiger partial charge >= 0.3 is 0 Å². The van der Waals surface area contributed by atoms with Gasteiger partial charge in [0.15, 0.2) is 0 Å². The molecule has 0 saturated heterocycles. The van der Waals surface area contributed by atoms with E-state index in [0.717, 1.165) is 25.8 Å². The van der Waals surface area contributed by atoms with Crippen LogP contribution < -0.4 is 11.1 Å². The molecule has 0 aliphatic heterocycles. The maximum Gasteiger partial charge on any atom is 0.223 e. The Morgan fingerprint density at radius 2 is 2.00 bits per heavy atom. The molecule has 1 saturated carbocycles. The van der Waals surface area contributed by atoms with Crippen molar-refractivity contribution < 1.29 is 4.79 Å². The van der Waals surface area contributed by atoms with Crippen LogP contribution in [0.1, 0.15) is 56.1 Å². The summed E-state index contributed by atoms with van der Waals surface area (Å²) in [6.45, 7) is 5.85. The molecule has 3 heteroatoms. The average molecular weight is 274 g/mol. The maximum atomic E-state index is 12.0. The van der Waals surface area contributed by atoms with Crippen molar-refractivity contribution in [3.63, 3.8) is 0 Å². The molecule has 0 bridgehead atoms. The number of hydrogen-bond acceptors (Lipinski definition) is 2. The van der Waals surface area contributed by atoms with E-state index in [2.05, 4.69) is 43.4 Å². The number of benzene rings is 1. The van der Waals surface area contributed by atoms with Crippen molar-refractivity contribution in [3.8, 4) is 0 Å². The molecule has 0 heterocycles. The second kappa shape index (κ2) is 6.89. The summed E-state index contributed by atoms with van der Waals surface area (Å²) in [6.07, 6.45) is 2.94. The van der Waals surface area contributed by atoms with Gasteiger partial charge in [0.05, 0.1) is 0 Å². The molecule has 2 rings (SSSR count). The van der Waals surface area contributed by atoms with Crippen molar-refractivity contribution in [2.45, 2.75) is 44.9 Å². The van der Waals surface area contributed by atoms with Crippen LogP contribution in [-0.2, 0) is 4.79 Å². The van der Waals surface area contributed by atoms with Crippen LogP contribution in [0.2, 0.25) is 0 Å². The zero-order chi connectivity index (χ0) is 14.5. The Morgan fingerprint density at radius 1 is 1.30 bits per heavy atom. The molecule has 1 fully saturated rings. The predicted octanol–water partition coefficient (Wildman–Crippen LogP) is 2.77. The van der Waals surface area contributed by atoms with E-state index in [1.54, 1.807) is 0 Å². The van der Waals surface area contributed by atoms with Gasteiger partial charge in [-0.15, -0.1) is 0 Å². The lowest BCUT2D eigenvalue weighted by Gasteiger charge is -2.07. The number of rotatable bonds is 7. The highest BCUT2D eigenvalue weighted by Crippen LogP contribution is 2.47. The van der Waals surface area contributed by atoms with Crippen LogP contribution in [0.4, 0.5) is 0 Å². The van der Waals surface area contributed by atoms with Crippen LogP contribution in [-0.4, -0.2) is 19.0 Å². The first-order chi connectivity index (χ1) is 9.63. The molecule has 0 aromatic heterocycles. The highest BCUT2D eigenvalue weighted by Gasteiger charge is 2.43. The molecule has 1 aromatic rings. The van der Waals surface area contributed by atoms with Gasteiger partial charge in [-0.2, -0.15) is 0 Å². The van der Waals surface area contributed by atoms with E-state index >= 15 is 0 Å². The quantitative estimate of drug-likeness (QED) is 0.751. The zero-order valence-corrected chi connectivity index (χ0v) is 12.6. The molecule has 110 valence electrons. The number of carbonyl (C=O) groups excluding carboxylic acids is 1. The minimum atomic E-state index is 0.178. The van der Waals surface area contributed by atoms with E-state index in [1.807, 2.05) is 0 Å². The van der Waals surface area contributed by atoms with Crippen molar-refractivity contribution in [2.75, 3.05) is 13.1 Å². The van der Waals surface area contributed by atoms with Crippen molar-refractivity contribution >= 4 is 5.91 Å². The Morgan fingerprint density at radius 3 is 2.60 bits per heavy atom. The fourth-order valence-corrected chi connectivity index (χ4v) is 2.59. The van der Waals surface area contributed by atoms with Crippen molar-refractivity contribution in [3.05, 3.63) is 35.4 Å². The van der Waals surface area contributed by atoms with Gasteiger partial charge in [0.25, 0.3) is 0 Å². The molecule has 1 amide bonds. The lowest BCUT2D eigenvalue weighted by molar-refractivity contribution is -0.122. The molecule has 20 heavy (non-hydrogen) atoms. The van der Waals surface area contributed by atoms with Gasteiger partial charge in [0.2, 0.25) is 5.91 Å². The topological polar surface area (TPSA) is 55.1 Å². The van der Waals surface area contributed by atoms with Crippen LogP contribution in [0, 0.1) is 5.92 Å². The lowest BCUT2D eigenvalue weighted by atomic mass is 10.00. The van der Waals surface area contributed by atoms with Crippen LogP contribution in [0.3, 0.4) is 0 Å². The van der Waals surface area contributed by atoms with Crippen LogP contribution in [0.15, 0.2) is 24.3 Å². The molecule has 0 radical (unpaired) electrons. The van der Waals surface area contributed by atoms with E-state index < -0.39 is 0 Å². The largest absolute Gasteiger partial charge is 0.356 e. The molecule has 1 aliphatic carbocycles. The molecular formula is C17H26N2O. The SMILES string of the molecule is CC(C)c1ccc(C2CC2C(=O)NCCCCN)cc1. The summed E-state index contributed by atoms with van der Waals surface area (Å²) in [6, 6.07) is 8.74. The molecule has 1 aromatic carbocycles. The Bertz CT molecular complexity index is 439. The monoisotopic (exact) mass is 274 g/mol. The Kier molecular flexibility index (Phi) is 5.18. The first kappa shape index (κ1) is 15.0. The summed E-state index contributed by atoms with van der Waals surface area (Å²) >= 11 is 0. The average Bonchev–Trinajstić information content (AvgIpc) is 3.24. The molecular weight excluding hydrogens is 248 g/mol. The minimum Gasteiger partial charge on any atom is -0.356 e. The van der Waals surface area contributed by atoms with E-state index in [1.165, 1.54) is 11.1 Å². The van der Waals surface area contributed by atoms with Gasteiger partial charge in [-0.25, -0.2) is 0 Å². The summed E-state index contributed by atoms with van der Waals surface area (Å²) in [5, 5.41) is 3.01. The van der Waals surface area contributed by atoms with E-state index in [4.69, 9.17) is 5.73 Å². The summed E-state index contributed by atoms with van der Waals surface area (Å²) < 4.78 is 0. The van der Waals surface area contributed by atoms with Crippen LogP contribution >= 0.6 is 0 Å². The summed E-state index contributed by atoms with van der Waals surface area (Å²) in [4.78, 5) is 12.0. The first-order valence-electron chi connectivity index (χ1n) is 7.71. The molecule has 3 nitrogen and oxygen atoms in total. The molecule has 0 spiro atoms. The first-order valence-corrected chi connectivity index (χ1v) is 7.71. The van der Waals surface area contributed by atoms with Crippen molar-refractivity contribution in [1.82, 2.24) is 5.32 Å². The highest BCUT2D eigenvalue weighted by molar-refractivity contribution is 5.82. The predicted molar refractivity (Wildman–Crippen MR) is 82.7 cm³/mol. The number of nitrogens with one attached hydrogen (secondary N) is 1. The minimum absolute atomic E-state index is 0.178. The highest BCUT2D eigenvalue weighted by atomic mass is 16.2. The number of carbonyl (C=O) groups is 1. The van der Waals surface area contributed by atoms with Gasteiger partial charge in [-0.05, 0) is 48.8 Å². The molecule has 2 unspecified atom stereocenters. The van der Waals surface area contributed by atoms with E-state index in [9.17, 15) is 4.79 Å². The number of unbranched alkanes of at least 4 members (excludes halogenated alkanes) is 1. The normalized spacial score (nSPS) is 21.0. The summed E-state index contributed by atoms with van der Waals surface area (Å²) in [5.74, 6) is 1.37. The molecule has 2 atom stereocenters. The third-order valence-corrected chi connectivity index (χ3v) is 4.09. The summed E-state index contributed by atoms with van der Waals surface area (Å²) in [5.41, 5.74) is 8.10. The number of hydrogen-bond donors (Lipinski definition) is 2. The molecule has 1 aliphatic rings. The van der Waals surface area contributed by atoms with Crippen molar-refractivity contribution in [2.24, 2.45) is 11.7 Å². The fourth-order valence-electron chi connectivity index (χ4n) is 2.59. The second-order valence-electron chi connectivity index (χ2n) is 6.06. The third-order valence-electron chi connectivity index (χ3n) is 4.09. The fraction of sp³-hybridized carbons (Fsp3) is 0.588. The molecule has 3 N–H and O–H groups in total.